The lowest BCUT2D eigenvalue weighted by atomic mass is 10.1. The van der Waals surface area contributed by atoms with Crippen LogP contribution >= 0.6 is 0 Å². The topological polar surface area (TPSA) is 29.1 Å². The van der Waals surface area contributed by atoms with E-state index in [1.165, 1.54) is 19.3 Å². The van der Waals surface area contributed by atoms with Crippen molar-refractivity contribution in [2.75, 3.05) is 6.54 Å². The van der Waals surface area contributed by atoms with Gasteiger partial charge in [0.25, 0.3) is 0 Å². The van der Waals surface area contributed by atoms with Crippen molar-refractivity contribution in [2.45, 2.75) is 65.0 Å². The van der Waals surface area contributed by atoms with Gasteiger partial charge in [0.05, 0.1) is 16.2 Å². The van der Waals surface area contributed by atoms with Crippen molar-refractivity contribution in [1.82, 2.24) is 4.72 Å². The molecule has 0 heterocycles. The Kier molecular flexibility index (Phi) is 9.41. The second-order valence-corrected chi connectivity index (χ2v) is 5.93. The van der Waals surface area contributed by atoms with Gasteiger partial charge >= 0.3 is 0 Å². The van der Waals surface area contributed by atoms with Gasteiger partial charge in [-0.3, -0.25) is 0 Å². The van der Waals surface area contributed by atoms with Gasteiger partial charge in [-0.2, -0.15) is 0 Å². The van der Waals surface area contributed by atoms with Gasteiger partial charge in [-0.15, -0.1) is 0 Å². The smallest absolute Gasteiger partial charge is 0.0949 e. The molecule has 0 bridgehead atoms. The molecule has 1 N–H and O–H groups in total. The van der Waals surface area contributed by atoms with Crippen molar-refractivity contribution in [3.63, 3.8) is 0 Å². The maximum Gasteiger partial charge on any atom is 0.0949 e. The fourth-order valence-electron chi connectivity index (χ4n) is 1.70. The minimum atomic E-state index is -0.843. The quantitative estimate of drug-likeness (QED) is 0.609. The fraction of sp³-hybridized carbons (Fsp3) is 1.00. The first-order chi connectivity index (χ1) is 7.13. The molecule has 2 unspecified atom stereocenters. The summed E-state index contributed by atoms with van der Waals surface area (Å²) in [5.74, 6) is 0.499. The van der Waals surface area contributed by atoms with Crippen LogP contribution in [-0.2, 0) is 11.0 Å². The highest BCUT2D eigenvalue weighted by Crippen LogP contribution is 2.11. The zero-order valence-corrected chi connectivity index (χ0v) is 11.5. The first-order valence-corrected chi connectivity index (χ1v) is 7.48. The monoisotopic (exact) mass is 233 g/mol. The first-order valence-electron chi connectivity index (χ1n) is 6.27. The predicted molar refractivity (Wildman–Crippen MR) is 69.2 cm³/mol. The van der Waals surface area contributed by atoms with Crippen LogP contribution in [0.2, 0.25) is 0 Å². The van der Waals surface area contributed by atoms with Crippen molar-refractivity contribution in [3.8, 4) is 0 Å². The third-order valence-corrected chi connectivity index (χ3v) is 4.61. The molecule has 0 aliphatic carbocycles. The van der Waals surface area contributed by atoms with Crippen molar-refractivity contribution in [1.29, 1.82) is 0 Å². The van der Waals surface area contributed by atoms with E-state index in [4.69, 9.17) is 0 Å². The predicted octanol–water partition coefficient (Wildman–Crippen LogP) is 3.25. The molecule has 0 fully saturated rings. The van der Waals surface area contributed by atoms with Crippen molar-refractivity contribution in [3.05, 3.63) is 0 Å². The summed E-state index contributed by atoms with van der Waals surface area (Å²) in [6, 6.07) is 0. The number of hydrogen-bond donors (Lipinski definition) is 1. The second kappa shape index (κ2) is 9.34. The molecule has 0 rings (SSSR count). The Morgan fingerprint density at radius 1 is 1.13 bits per heavy atom. The summed E-state index contributed by atoms with van der Waals surface area (Å²) >= 11 is 0. The highest BCUT2D eigenvalue weighted by molar-refractivity contribution is 7.83. The summed E-state index contributed by atoms with van der Waals surface area (Å²) < 4.78 is 15.0. The van der Waals surface area contributed by atoms with Crippen LogP contribution < -0.4 is 4.72 Å². The van der Waals surface area contributed by atoms with Gasteiger partial charge in [0.15, 0.2) is 0 Å². The molecule has 0 aliphatic heterocycles. The molecular weight excluding hydrogens is 206 g/mol. The van der Waals surface area contributed by atoms with Crippen LogP contribution in [0, 0.1) is 5.92 Å². The normalized spacial score (nSPS) is 15.5. The Morgan fingerprint density at radius 2 is 1.80 bits per heavy atom. The molecule has 0 aliphatic rings. The molecule has 3 heteroatoms. The van der Waals surface area contributed by atoms with Gasteiger partial charge in [0.2, 0.25) is 0 Å². The van der Waals surface area contributed by atoms with Gasteiger partial charge in [0.1, 0.15) is 0 Å². The summed E-state index contributed by atoms with van der Waals surface area (Å²) in [4.78, 5) is 0. The van der Waals surface area contributed by atoms with Crippen LogP contribution in [0.5, 0.6) is 0 Å². The van der Waals surface area contributed by atoms with Crippen LogP contribution in [0.15, 0.2) is 0 Å². The van der Waals surface area contributed by atoms with E-state index in [0.29, 0.717) is 11.2 Å². The largest absolute Gasteiger partial charge is 0.243 e. The molecule has 0 saturated heterocycles. The van der Waals surface area contributed by atoms with Crippen LogP contribution in [0.1, 0.15) is 59.8 Å². The molecule has 0 saturated carbocycles. The minimum Gasteiger partial charge on any atom is -0.243 e. The SMILES string of the molecule is CCCCCCNS(=O)C(CC)C(C)C. The molecule has 0 aromatic carbocycles. The average molecular weight is 233 g/mol. The zero-order valence-electron chi connectivity index (χ0n) is 10.7. The summed E-state index contributed by atoms with van der Waals surface area (Å²) in [7, 11) is -0.843. The lowest BCUT2D eigenvalue weighted by Crippen LogP contribution is -2.32. The molecule has 0 spiro atoms. The van der Waals surface area contributed by atoms with E-state index in [1.54, 1.807) is 0 Å². The maximum absolute atomic E-state index is 11.8. The van der Waals surface area contributed by atoms with E-state index in [0.717, 1.165) is 19.4 Å². The Morgan fingerprint density at radius 3 is 2.27 bits per heavy atom. The fourth-order valence-corrected chi connectivity index (χ4v) is 3.06. The van der Waals surface area contributed by atoms with Gasteiger partial charge < -0.3 is 0 Å². The van der Waals surface area contributed by atoms with E-state index < -0.39 is 11.0 Å². The first kappa shape index (κ1) is 15.1. The average Bonchev–Trinajstić information content (AvgIpc) is 2.18. The lowest BCUT2D eigenvalue weighted by molar-refractivity contribution is 0.558. The molecule has 2 nitrogen and oxygen atoms in total. The molecule has 15 heavy (non-hydrogen) atoms. The van der Waals surface area contributed by atoms with Crippen LogP contribution in [0.4, 0.5) is 0 Å². The third kappa shape index (κ3) is 7.07. The number of hydrogen-bond acceptors (Lipinski definition) is 1. The molecule has 0 aromatic heterocycles. The standard InChI is InChI=1S/C12H27NOS/c1-5-7-8-9-10-13-15(14)12(6-2)11(3)4/h11-13H,5-10H2,1-4H3. The Hall–Kier alpha value is 0.110. The molecule has 0 amide bonds. The minimum absolute atomic E-state index is 0.302. The van der Waals surface area contributed by atoms with Crippen molar-refractivity contribution in [2.24, 2.45) is 5.92 Å². The highest BCUT2D eigenvalue weighted by atomic mass is 32.2. The maximum atomic E-state index is 11.8. The van der Waals surface area contributed by atoms with Crippen molar-refractivity contribution >= 4 is 11.0 Å². The highest BCUT2D eigenvalue weighted by Gasteiger charge is 2.17. The number of nitrogens with one attached hydrogen (secondary N) is 1. The Labute approximate surface area is 97.8 Å². The van der Waals surface area contributed by atoms with E-state index in [-0.39, 0.29) is 0 Å². The van der Waals surface area contributed by atoms with Crippen LogP contribution in [0.25, 0.3) is 0 Å². The molecule has 92 valence electrons. The number of rotatable bonds is 9. The Balaban J connectivity index is 3.63. The van der Waals surface area contributed by atoms with E-state index >= 15 is 0 Å². The van der Waals surface area contributed by atoms with Crippen LogP contribution in [-0.4, -0.2) is 16.0 Å². The zero-order chi connectivity index (χ0) is 11.7. The van der Waals surface area contributed by atoms with Gasteiger partial charge in [0, 0.05) is 6.54 Å². The lowest BCUT2D eigenvalue weighted by Gasteiger charge is -2.18. The summed E-state index contributed by atoms with van der Waals surface area (Å²) in [6.45, 7) is 9.50. The van der Waals surface area contributed by atoms with Gasteiger partial charge in [-0.05, 0) is 18.8 Å². The van der Waals surface area contributed by atoms with Crippen molar-refractivity contribution < 1.29 is 4.21 Å². The molecule has 0 aromatic rings. The van der Waals surface area contributed by atoms with Gasteiger partial charge in [-0.25, -0.2) is 8.93 Å². The summed E-state index contributed by atoms with van der Waals surface area (Å²) in [5, 5.41) is 0.302. The molecule has 2 atom stereocenters. The Bertz CT molecular complexity index is 171. The number of unbranched alkanes of at least 4 members (excludes halogenated alkanes) is 3. The van der Waals surface area contributed by atoms with E-state index in [2.05, 4.69) is 32.4 Å². The molecule has 0 radical (unpaired) electrons. The third-order valence-electron chi connectivity index (χ3n) is 2.70. The van der Waals surface area contributed by atoms with E-state index in [9.17, 15) is 4.21 Å². The summed E-state index contributed by atoms with van der Waals surface area (Å²) in [6.07, 6.45) is 5.93. The van der Waals surface area contributed by atoms with Crippen LogP contribution in [0.3, 0.4) is 0 Å². The summed E-state index contributed by atoms with van der Waals surface area (Å²) in [5.41, 5.74) is 0. The molecular formula is C12H27NOS. The van der Waals surface area contributed by atoms with E-state index in [1.807, 2.05) is 0 Å². The second-order valence-electron chi connectivity index (χ2n) is 4.44. The van der Waals surface area contributed by atoms with Gasteiger partial charge in [-0.1, -0.05) is 47.0 Å².